The Morgan fingerprint density at radius 1 is 1.12 bits per heavy atom. The third-order valence-corrected chi connectivity index (χ3v) is 4.75. The van der Waals surface area contributed by atoms with Gasteiger partial charge in [-0.2, -0.15) is 5.26 Å². The van der Waals surface area contributed by atoms with Gasteiger partial charge in [-0.25, -0.2) is 0 Å². The lowest BCUT2D eigenvalue weighted by atomic mass is 10.1. The Morgan fingerprint density at radius 2 is 1.84 bits per heavy atom. The molecular weight excluding hydrogens is 316 g/mol. The highest BCUT2D eigenvalue weighted by atomic mass is 16.6. The standard InChI is InChI=1S/C19H20N4O2/c1-15-17(6-4-8-18(15)23(24)25)14-21-9-11-22(12-10-21)19-7-3-2-5-16(19)13-20/h2-8H,9-12,14H2,1H3. The SMILES string of the molecule is Cc1c(CN2CCN(c3ccccc3C#N)CC2)cccc1[N+](=O)[O-]. The molecule has 2 aromatic carbocycles. The fourth-order valence-electron chi connectivity index (χ4n) is 3.27. The number of nitriles is 1. The molecule has 0 aliphatic carbocycles. The molecule has 3 rings (SSSR count). The van der Waals surface area contributed by atoms with Gasteiger partial charge in [0, 0.05) is 44.4 Å². The molecule has 0 aromatic heterocycles. The average Bonchev–Trinajstić information content (AvgIpc) is 2.64. The summed E-state index contributed by atoms with van der Waals surface area (Å²) in [6.45, 7) is 5.93. The smallest absolute Gasteiger partial charge is 0.272 e. The van der Waals surface area contributed by atoms with Crippen molar-refractivity contribution >= 4 is 11.4 Å². The van der Waals surface area contributed by atoms with Crippen LogP contribution >= 0.6 is 0 Å². The summed E-state index contributed by atoms with van der Waals surface area (Å²) in [7, 11) is 0. The summed E-state index contributed by atoms with van der Waals surface area (Å²) in [6.07, 6.45) is 0. The number of hydrogen-bond acceptors (Lipinski definition) is 5. The Bertz CT molecular complexity index is 820. The van der Waals surface area contributed by atoms with Crippen LogP contribution in [-0.2, 0) is 6.54 Å². The molecule has 1 fully saturated rings. The number of benzene rings is 2. The van der Waals surface area contributed by atoms with E-state index < -0.39 is 0 Å². The van der Waals surface area contributed by atoms with Crippen LogP contribution in [0, 0.1) is 28.4 Å². The molecule has 1 aliphatic rings. The highest BCUT2D eigenvalue weighted by molar-refractivity contribution is 5.59. The summed E-state index contributed by atoms with van der Waals surface area (Å²) in [5, 5.41) is 20.3. The molecule has 0 bridgehead atoms. The van der Waals surface area contributed by atoms with Crippen molar-refractivity contribution in [1.82, 2.24) is 4.90 Å². The van der Waals surface area contributed by atoms with Gasteiger partial charge >= 0.3 is 0 Å². The van der Waals surface area contributed by atoms with E-state index in [0.717, 1.165) is 43.0 Å². The van der Waals surface area contributed by atoms with Gasteiger partial charge in [0.2, 0.25) is 0 Å². The molecule has 6 nitrogen and oxygen atoms in total. The largest absolute Gasteiger partial charge is 0.368 e. The molecule has 25 heavy (non-hydrogen) atoms. The second-order valence-corrected chi connectivity index (χ2v) is 6.21. The summed E-state index contributed by atoms with van der Waals surface area (Å²) in [4.78, 5) is 15.3. The van der Waals surface area contributed by atoms with Crippen molar-refractivity contribution in [2.75, 3.05) is 31.1 Å². The predicted molar refractivity (Wildman–Crippen MR) is 96.5 cm³/mol. The van der Waals surface area contributed by atoms with Crippen molar-refractivity contribution in [3.63, 3.8) is 0 Å². The van der Waals surface area contributed by atoms with Gasteiger partial charge in [0.25, 0.3) is 5.69 Å². The van der Waals surface area contributed by atoms with E-state index in [9.17, 15) is 15.4 Å². The molecule has 0 atom stereocenters. The lowest BCUT2D eigenvalue weighted by molar-refractivity contribution is -0.385. The van der Waals surface area contributed by atoms with Crippen molar-refractivity contribution in [3.05, 3.63) is 69.3 Å². The first-order valence-corrected chi connectivity index (χ1v) is 8.29. The summed E-state index contributed by atoms with van der Waals surface area (Å²) < 4.78 is 0. The first-order valence-electron chi connectivity index (χ1n) is 8.29. The lowest BCUT2D eigenvalue weighted by Crippen LogP contribution is -2.46. The molecule has 2 aromatic rings. The molecule has 0 saturated carbocycles. The van der Waals surface area contributed by atoms with Crippen LogP contribution < -0.4 is 4.90 Å². The van der Waals surface area contributed by atoms with Crippen molar-refractivity contribution in [3.8, 4) is 6.07 Å². The summed E-state index contributed by atoms with van der Waals surface area (Å²) in [5.74, 6) is 0. The van der Waals surface area contributed by atoms with E-state index in [1.165, 1.54) is 0 Å². The van der Waals surface area contributed by atoms with Gasteiger partial charge in [-0.15, -0.1) is 0 Å². The van der Waals surface area contributed by atoms with Gasteiger partial charge in [0.1, 0.15) is 6.07 Å². The van der Waals surface area contributed by atoms with E-state index in [-0.39, 0.29) is 10.6 Å². The van der Waals surface area contributed by atoms with Crippen LogP contribution in [0.1, 0.15) is 16.7 Å². The lowest BCUT2D eigenvalue weighted by Gasteiger charge is -2.36. The normalized spacial score (nSPS) is 15.0. The van der Waals surface area contributed by atoms with Gasteiger partial charge < -0.3 is 4.90 Å². The Morgan fingerprint density at radius 3 is 2.52 bits per heavy atom. The minimum absolute atomic E-state index is 0.180. The topological polar surface area (TPSA) is 73.4 Å². The number of anilines is 1. The Labute approximate surface area is 147 Å². The molecule has 0 unspecified atom stereocenters. The molecule has 0 spiro atoms. The second-order valence-electron chi connectivity index (χ2n) is 6.21. The van der Waals surface area contributed by atoms with Crippen molar-refractivity contribution in [1.29, 1.82) is 5.26 Å². The van der Waals surface area contributed by atoms with Crippen LogP contribution in [0.3, 0.4) is 0 Å². The van der Waals surface area contributed by atoms with Crippen LogP contribution in [0.4, 0.5) is 11.4 Å². The van der Waals surface area contributed by atoms with Crippen LogP contribution in [0.2, 0.25) is 0 Å². The van der Waals surface area contributed by atoms with Crippen LogP contribution in [0.5, 0.6) is 0 Å². The van der Waals surface area contributed by atoms with Crippen LogP contribution in [0.25, 0.3) is 0 Å². The van der Waals surface area contributed by atoms with E-state index >= 15 is 0 Å². The van der Waals surface area contributed by atoms with E-state index in [1.54, 1.807) is 12.1 Å². The van der Waals surface area contributed by atoms with E-state index in [1.807, 2.05) is 37.3 Å². The number of nitro benzene ring substituents is 1. The van der Waals surface area contributed by atoms with E-state index in [0.29, 0.717) is 12.1 Å². The Hall–Kier alpha value is -2.91. The quantitative estimate of drug-likeness (QED) is 0.633. The molecule has 128 valence electrons. The molecule has 1 heterocycles. The van der Waals surface area contributed by atoms with E-state index in [4.69, 9.17) is 0 Å². The van der Waals surface area contributed by atoms with Crippen molar-refractivity contribution in [2.24, 2.45) is 0 Å². The highest BCUT2D eigenvalue weighted by Crippen LogP contribution is 2.24. The number of rotatable bonds is 4. The number of hydrogen-bond donors (Lipinski definition) is 0. The third kappa shape index (κ3) is 3.62. The molecule has 0 amide bonds. The van der Waals surface area contributed by atoms with Crippen LogP contribution in [0.15, 0.2) is 42.5 Å². The number of nitro groups is 1. The fraction of sp³-hybridized carbons (Fsp3) is 0.316. The average molecular weight is 336 g/mol. The molecule has 0 N–H and O–H groups in total. The Balaban J connectivity index is 1.67. The predicted octanol–water partition coefficient (Wildman–Crippen LogP) is 3.10. The Kier molecular flexibility index (Phi) is 4.96. The minimum atomic E-state index is -0.324. The zero-order valence-electron chi connectivity index (χ0n) is 14.2. The van der Waals surface area contributed by atoms with Gasteiger partial charge in [-0.1, -0.05) is 24.3 Å². The highest BCUT2D eigenvalue weighted by Gasteiger charge is 2.21. The summed E-state index contributed by atoms with van der Waals surface area (Å²) in [5.41, 5.74) is 3.60. The van der Waals surface area contributed by atoms with Crippen molar-refractivity contribution < 1.29 is 4.92 Å². The first-order chi connectivity index (χ1) is 12.1. The zero-order valence-corrected chi connectivity index (χ0v) is 14.2. The first kappa shape index (κ1) is 16.9. The second kappa shape index (κ2) is 7.32. The minimum Gasteiger partial charge on any atom is -0.368 e. The molecule has 6 heteroatoms. The monoisotopic (exact) mass is 336 g/mol. The van der Waals surface area contributed by atoms with Gasteiger partial charge in [-0.05, 0) is 24.6 Å². The zero-order chi connectivity index (χ0) is 17.8. The fourth-order valence-corrected chi connectivity index (χ4v) is 3.27. The summed E-state index contributed by atoms with van der Waals surface area (Å²) in [6, 6.07) is 15.2. The molecule has 1 saturated heterocycles. The summed E-state index contributed by atoms with van der Waals surface area (Å²) >= 11 is 0. The van der Waals surface area contributed by atoms with Crippen LogP contribution in [-0.4, -0.2) is 36.0 Å². The maximum absolute atomic E-state index is 11.1. The van der Waals surface area contributed by atoms with E-state index in [2.05, 4.69) is 15.9 Å². The maximum atomic E-state index is 11.1. The molecule has 1 aliphatic heterocycles. The van der Waals surface area contributed by atoms with Gasteiger partial charge in [0.15, 0.2) is 0 Å². The number of piperazine rings is 1. The number of nitrogens with zero attached hydrogens (tertiary/aromatic N) is 4. The number of para-hydroxylation sites is 1. The van der Waals surface area contributed by atoms with Gasteiger partial charge in [0.05, 0.1) is 16.2 Å². The molecule has 0 radical (unpaired) electrons. The third-order valence-electron chi connectivity index (χ3n) is 4.75. The van der Waals surface area contributed by atoms with Gasteiger partial charge in [-0.3, -0.25) is 15.0 Å². The van der Waals surface area contributed by atoms with Crippen molar-refractivity contribution in [2.45, 2.75) is 13.5 Å². The molecular formula is C19H20N4O2. The maximum Gasteiger partial charge on any atom is 0.272 e.